The number of ether oxygens (including phenoxy) is 1. The van der Waals surface area contributed by atoms with Crippen molar-refractivity contribution in [2.45, 2.75) is 13.2 Å². The van der Waals surface area contributed by atoms with E-state index in [1.165, 1.54) is 0 Å². The van der Waals surface area contributed by atoms with E-state index < -0.39 is 0 Å². The molecule has 3 rings (SSSR count). The molecule has 0 fully saturated rings. The molecule has 0 aromatic heterocycles. The van der Waals surface area contributed by atoms with Gasteiger partial charge in [-0.25, -0.2) is 0 Å². The van der Waals surface area contributed by atoms with E-state index in [1.807, 2.05) is 78.9 Å². The second-order valence-electron chi connectivity index (χ2n) is 5.48. The van der Waals surface area contributed by atoms with Gasteiger partial charge in [-0.05, 0) is 53.1 Å². The summed E-state index contributed by atoms with van der Waals surface area (Å²) in [5.41, 5.74) is 3.18. The summed E-state index contributed by atoms with van der Waals surface area (Å²) < 4.78 is 6.81. The summed E-state index contributed by atoms with van der Waals surface area (Å²) in [6.07, 6.45) is 1.69. The van der Waals surface area contributed by atoms with Gasteiger partial charge in [0.05, 0.1) is 6.21 Å². The number of halogens is 1. The minimum atomic E-state index is 0.446. The summed E-state index contributed by atoms with van der Waals surface area (Å²) >= 11 is 3.41. The number of nitrogens with zero attached hydrogens (tertiary/aromatic N) is 1. The molecule has 0 aliphatic carbocycles. The third-order valence-corrected chi connectivity index (χ3v) is 4.08. The smallest absolute Gasteiger partial charge is 0.142 e. The van der Waals surface area contributed by atoms with Crippen molar-refractivity contribution in [1.29, 1.82) is 0 Å². The van der Waals surface area contributed by atoms with Gasteiger partial charge in [0.1, 0.15) is 19.0 Å². The Balaban J connectivity index is 1.46. The second-order valence-corrected chi connectivity index (χ2v) is 6.39. The minimum absolute atomic E-state index is 0.446. The molecule has 4 heteroatoms. The summed E-state index contributed by atoms with van der Waals surface area (Å²) in [6.45, 7) is 1.01. The Morgan fingerprint density at radius 3 is 2.16 bits per heavy atom. The Kier molecular flexibility index (Phi) is 6.23. The number of oxime groups is 1. The van der Waals surface area contributed by atoms with Crippen molar-refractivity contribution >= 4 is 22.1 Å². The predicted molar refractivity (Wildman–Crippen MR) is 104 cm³/mol. The average Bonchev–Trinajstić information content (AvgIpc) is 2.67. The lowest BCUT2D eigenvalue weighted by Crippen LogP contribution is -1.95. The van der Waals surface area contributed by atoms with Gasteiger partial charge in [0.15, 0.2) is 0 Å². The van der Waals surface area contributed by atoms with Gasteiger partial charge >= 0.3 is 0 Å². The maximum atomic E-state index is 5.76. The predicted octanol–water partition coefficient (Wildman–Crippen LogP) is 5.58. The third-order valence-electron chi connectivity index (χ3n) is 3.55. The van der Waals surface area contributed by atoms with Crippen LogP contribution in [0.1, 0.15) is 16.7 Å². The van der Waals surface area contributed by atoms with E-state index in [1.54, 1.807) is 6.21 Å². The van der Waals surface area contributed by atoms with E-state index in [4.69, 9.17) is 9.57 Å². The topological polar surface area (TPSA) is 30.8 Å². The van der Waals surface area contributed by atoms with Crippen LogP contribution in [0, 0.1) is 0 Å². The molecule has 0 radical (unpaired) electrons. The van der Waals surface area contributed by atoms with Crippen molar-refractivity contribution in [2.24, 2.45) is 5.16 Å². The molecule has 0 atom stereocenters. The van der Waals surface area contributed by atoms with Gasteiger partial charge in [0, 0.05) is 4.47 Å². The Labute approximate surface area is 156 Å². The Morgan fingerprint density at radius 2 is 1.44 bits per heavy atom. The molecule has 126 valence electrons. The first kappa shape index (κ1) is 17.2. The molecule has 0 bridgehead atoms. The van der Waals surface area contributed by atoms with Gasteiger partial charge in [-0.15, -0.1) is 0 Å². The zero-order chi connectivity index (χ0) is 17.3. The fourth-order valence-corrected chi connectivity index (χ4v) is 2.45. The molecule has 25 heavy (non-hydrogen) atoms. The first-order chi connectivity index (χ1) is 12.3. The average molecular weight is 396 g/mol. The quantitative estimate of drug-likeness (QED) is 0.386. The maximum Gasteiger partial charge on any atom is 0.142 e. The SMILES string of the molecule is Brc1ccc(CO/N=C\c2ccc(OCc3ccccc3)cc2)cc1. The molecule has 3 aromatic carbocycles. The van der Waals surface area contributed by atoms with E-state index in [0.29, 0.717) is 13.2 Å². The van der Waals surface area contributed by atoms with E-state index in [9.17, 15) is 0 Å². The number of hydrogen-bond donors (Lipinski definition) is 0. The first-order valence-electron chi connectivity index (χ1n) is 7.96. The molecule has 0 saturated carbocycles. The normalized spacial score (nSPS) is 10.8. The van der Waals surface area contributed by atoms with Crippen LogP contribution in [0.25, 0.3) is 0 Å². The largest absolute Gasteiger partial charge is 0.489 e. The second kappa shape index (κ2) is 9.04. The highest BCUT2D eigenvalue weighted by atomic mass is 79.9. The Morgan fingerprint density at radius 1 is 0.760 bits per heavy atom. The van der Waals surface area contributed by atoms with Crippen molar-refractivity contribution in [2.75, 3.05) is 0 Å². The van der Waals surface area contributed by atoms with Crippen molar-refractivity contribution < 1.29 is 9.57 Å². The zero-order valence-electron chi connectivity index (χ0n) is 13.6. The van der Waals surface area contributed by atoms with Gasteiger partial charge < -0.3 is 9.57 Å². The summed E-state index contributed by atoms with van der Waals surface area (Å²) in [5, 5.41) is 4.01. The van der Waals surface area contributed by atoms with Crippen LogP contribution in [0.3, 0.4) is 0 Å². The van der Waals surface area contributed by atoms with Crippen LogP contribution in [0.15, 0.2) is 88.5 Å². The fourth-order valence-electron chi connectivity index (χ4n) is 2.18. The molecule has 0 heterocycles. The molecule has 3 nitrogen and oxygen atoms in total. The monoisotopic (exact) mass is 395 g/mol. The standard InChI is InChI=1S/C21H18BrNO2/c22-20-10-6-19(7-11-20)16-25-23-14-17-8-12-21(13-9-17)24-15-18-4-2-1-3-5-18/h1-14H,15-16H2/b23-14-. The van der Waals surface area contributed by atoms with Gasteiger partial charge in [0.2, 0.25) is 0 Å². The highest BCUT2D eigenvalue weighted by Crippen LogP contribution is 2.14. The first-order valence-corrected chi connectivity index (χ1v) is 8.75. The van der Waals surface area contributed by atoms with Crippen LogP contribution in [0.2, 0.25) is 0 Å². The molecule has 0 aliphatic rings. The van der Waals surface area contributed by atoms with Crippen LogP contribution in [-0.4, -0.2) is 6.21 Å². The molecule has 0 N–H and O–H groups in total. The van der Waals surface area contributed by atoms with Crippen molar-refractivity contribution in [3.05, 3.63) is 100 Å². The van der Waals surface area contributed by atoms with Gasteiger partial charge in [-0.1, -0.05) is 63.6 Å². The van der Waals surface area contributed by atoms with E-state index >= 15 is 0 Å². The summed E-state index contributed by atoms with van der Waals surface area (Å²) in [7, 11) is 0. The van der Waals surface area contributed by atoms with Crippen LogP contribution in [-0.2, 0) is 18.1 Å². The van der Waals surface area contributed by atoms with E-state index in [0.717, 1.165) is 26.9 Å². The lowest BCUT2D eigenvalue weighted by molar-refractivity contribution is 0.132. The number of hydrogen-bond acceptors (Lipinski definition) is 3. The molecular weight excluding hydrogens is 378 g/mol. The zero-order valence-corrected chi connectivity index (χ0v) is 15.2. The molecular formula is C21H18BrNO2. The minimum Gasteiger partial charge on any atom is -0.489 e. The van der Waals surface area contributed by atoms with E-state index in [2.05, 4.69) is 21.1 Å². The third kappa shape index (κ3) is 5.76. The van der Waals surface area contributed by atoms with Crippen molar-refractivity contribution in [3.63, 3.8) is 0 Å². The van der Waals surface area contributed by atoms with Crippen molar-refractivity contribution in [1.82, 2.24) is 0 Å². The van der Waals surface area contributed by atoms with Gasteiger partial charge in [-0.3, -0.25) is 0 Å². The molecule has 0 saturated heterocycles. The lowest BCUT2D eigenvalue weighted by atomic mass is 10.2. The molecule has 0 amide bonds. The van der Waals surface area contributed by atoms with E-state index in [-0.39, 0.29) is 0 Å². The van der Waals surface area contributed by atoms with Crippen LogP contribution in [0.5, 0.6) is 5.75 Å². The van der Waals surface area contributed by atoms with Gasteiger partial charge in [0.25, 0.3) is 0 Å². The van der Waals surface area contributed by atoms with Crippen LogP contribution < -0.4 is 4.74 Å². The van der Waals surface area contributed by atoms with Gasteiger partial charge in [-0.2, -0.15) is 0 Å². The molecule has 0 spiro atoms. The van der Waals surface area contributed by atoms with Crippen LogP contribution >= 0.6 is 15.9 Å². The number of benzene rings is 3. The lowest BCUT2D eigenvalue weighted by Gasteiger charge is -2.06. The van der Waals surface area contributed by atoms with Crippen molar-refractivity contribution in [3.8, 4) is 5.75 Å². The number of rotatable bonds is 7. The summed E-state index contributed by atoms with van der Waals surface area (Å²) in [5.74, 6) is 0.830. The Bertz CT molecular complexity index is 800. The summed E-state index contributed by atoms with van der Waals surface area (Å²) in [4.78, 5) is 5.32. The van der Waals surface area contributed by atoms with Crippen LogP contribution in [0.4, 0.5) is 0 Å². The summed E-state index contributed by atoms with van der Waals surface area (Å²) in [6, 6.07) is 25.8. The maximum absolute atomic E-state index is 5.76. The highest BCUT2D eigenvalue weighted by molar-refractivity contribution is 9.10. The highest BCUT2D eigenvalue weighted by Gasteiger charge is 1.96. The fraction of sp³-hybridized carbons (Fsp3) is 0.0952. The molecule has 3 aromatic rings. The molecule has 0 aliphatic heterocycles. The Hall–Kier alpha value is -2.59. The molecule has 0 unspecified atom stereocenters.